The summed E-state index contributed by atoms with van der Waals surface area (Å²) in [5.41, 5.74) is 3.98. The van der Waals surface area contributed by atoms with Crippen molar-refractivity contribution in [3.63, 3.8) is 0 Å². The minimum atomic E-state index is -0.530. The zero-order valence-electron chi connectivity index (χ0n) is 13.3. The molecule has 0 aliphatic carbocycles. The molecule has 1 N–H and O–H groups in total. The van der Waals surface area contributed by atoms with E-state index in [1.165, 1.54) is 11.5 Å². The molecule has 0 atom stereocenters. The number of aromatic nitrogens is 6. The minimum absolute atomic E-state index is 0.0698. The summed E-state index contributed by atoms with van der Waals surface area (Å²) in [6, 6.07) is 7.75. The Hall–Kier alpha value is -2.65. The summed E-state index contributed by atoms with van der Waals surface area (Å²) in [7, 11) is 0. The molecule has 0 bridgehead atoms. The Labute approximate surface area is 156 Å². The van der Waals surface area contributed by atoms with E-state index in [1.807, 2.05) is 18.2 Å². The van der Waals surface area contributed by atoms with Gasteiger partial charge in [0.05, 0.1) is 21.0 Å². The molecular weight excluding hydrogens is 377 g/mol. The Morgan fingerprint density at radius 3 is 3.04 bits per heavy atom. The molecule has 3 heterocycles. The predicted molar refractivity (Wildman–Crippen MR) is 96.8 cm³/mol. The van der Waals surface area contributed by atoms with Crippen LogP contribution in [0.15, 0.2) is 24.3 Å². The molecule has 26 heavy (non-hydrogen) atoms. The van der Waals surface area contributed by atoms with Gasteiger partial charge in [0.25, 0.3) is 0 Å². The first-order chi connectivity index (χ1) is 12.7. The average Bonchev–Trinajstić information content (AvgIpc) is 3.37. The van der Waals surface area contributed by atoms with Crippen LogP contribution in [0.3, 0.4) is 0 Å². The number of fused-ring (bicyclic) bond motifs is 2. The molecular formula is C16H11ClFN7S. The van der Waals surface area contributed by atoms with E-state index in [9.17, 15) is 4.39 Å². The maximum atomic E-state index is 14.8. The number of hydrogen-bond acceptors (Lipinski definition) is 7. The second-order valence-electron chi connectivity index (χ2n) is 6.04. The van der Waals surface area contributed by atoms with Crippen molar-refractivity contribution in [2.45, 2.75) is 13.0 Å². The highest BCUT2D eigenvalue weighted by molar-refractivity contribution is 7.12. The molecule has 4 aromatic rings. The summed E-state index contributed by atoms with van der Waals surface area (Å²) in [4.78, 5) is 2.11. The zero-order valence-corrected chi connectivity index (χ0v) is 14.9. The van der Waals surface area contributed by atoms with Crippen LogP contribution in [0.25, 0.3) is 21.6 Å². The van der Waals surface area contributed by atoms with Crippen LogP contribution < -0.4 is 4.90 Å². The molecule has 0 fully saturated rings. The molecule has 0 saturated carbocycles. The lowest BCUT2D eigenvalue weighted by molar-refractivity contribution is 0.630. The van der Waals surface area contributed by atoms with Crippen molar-refractivity contribution in [2.24, 2.45) is 0 Å². The summed E-state index contributed by atoms with van der Waals surface area (Å²) in [6.07, 6.45) is 0.778. The van der Waals surface area contributed by atoms with Crippen molar-refractivity contribution in [3.8, 4) is 11.4 Å². The summed E-state index contributed by atoms with van der Waals surface area (Å²) in [6.45, 7) is 1.37. The van der Waals surface area contributed by atoms with Gasteiger partial charge in [-0.05, 0) is 52.5 Å². The van der Waals surface area contributed by atoms with Crippen LogP contribution >= 0.6 is 23.1 Å². The Morgan fingerprint density at radius 2 is 2.19 bits per heavy atom. The maximum Gasteiger partial charge on any atom is 0.209 e. The number of halogens is 2. The van der Waals surface area contributed by atoms with E-state index < -0.39 is 5.82 Å². The molecule has 2 aromatic heterocycles. The Kier molecular flexibility index (Phi) is 3.57. The molecule has 7 nitrogen and oxygen atoms in total. The fraction of sp³-hybridized carbons (Fsp3) is 0.188. The number of anilines is 1. The van der Waals surface area contributed by atoms with Crippen molar-refractivity contribution >= 4 is 39.0 Å². The van der Waals surface area contributed by atoms with Gasteiger partial charge in [0.2, 0.25) is 5.82 Å². The third kappa shape index (κ3) is 2.43. The topological polar surface area (TPSA) is 83.5 Å². The van der Waals surface area contributed by atoms with Crippen LogP contribution in [0.2, 0.25) is 5.02 Å². The Bertz CT molecular complexity index is 1110. The van der Waals surface area contributed by atoms with Crippen LogP contribution in [-0.4, -0.2) is 36.8 Å². The lowest BCUT2D eigenvalue weighted by Gasteiger charge is -2.22. The molecule has 2 aromatic carbocycles. The standard InChI is InChI=1S/C16H11ClFN7S/c17-10-6-9-3-4-25(7-8-1-2-12-11(5-8)19-24-26-12)15(9)13(14(10)18)16-20-22-23-21-16/h1-2,5-6H,3-4,7H2,(H,20,21,22,23). The van der Waals surface area contributed by atoms with Crippen molar-refractivity contribution in [1.29, 1.82) is 0 Å². The number of benzene rings is 2. The van der Waals surface area contributed by atoms with Crippen LogP contribution in [-0.2, 0) is 13.0 Å². The third-order valence-electron chi connectivity index (χ3n) is 4.49. The average molecular weight is 388 g/mol. The van der Waals surface area contributed by atoms with Gasteiger partial charge in [-0.1, -0.05) is 22.2 Å². The number of tetrazole rings is 1. The van der Waals surface area contributed by atoms with Crippen molar-refractivity contribution in [2.75, 3.05) is 11.4 Å². The second kappa shape index (κ2) is 5.96. The number of H-pyrrole nitrogens is 1. The first-order valence-corrected chi connectivity index (χ1v) is 9.06. The van der Waals surface area contributed by atoms with E-state index in [0.29, 0.717) is 6.54 Å². The number of rotatable bonds is 3. The van der Waals surface area contributed by atoms with Crippen LogP contribution in [0.1, 0.15) is 11.1 Å². The molecule has 0 spiro atoms. The van der Waals surface area contributed by atoms with Gasteiger partial charge in [0.1, 0.15) is 5.52 Å². The van der Waals surface area contributed by atoms with Gasteiger partial charge >= 0.3 is 0 Å². The molecule has 0 radical (unpaired) electrons. The van der Waals surface area contributed by atoms with Gasteiger partial charge in [-0.15, -0.1) is 15.3 Å². The van der Waals surface area contributed by atoms with Gasteiger partial charge in [-0.3, -0.25) is 0 Å². The molecule has 5 rings (SSSR count). The van der Waals surface area contributed by atoms with Gasteiger partial charge < -0.3 is 4.90 Å². The van der Waals surface area contributed by atoms with Gasteiger partial charge in [0, 0.05) is 13.1 Å². The minimum Gasteiger partial charge on any atom is -0.366 e. The normalized spacial score (nSPS) is 13.5. The number of aromatic amines is 1. The molecule has 0 unspecified atom stereocenters. The molecule has 130 valence electrons. The highest BCUT2D eigenvalue weighted by atomic mass is 35.5. The Morgan fingerprint density at radius 1 is 1.27 bits per heavy atom. The van der Waals surface area contributed by atoms with Crippen molar-refractivity contribution < 1.29 is 4.39 Å². The maximum absolute atomic E-state index is 14.8. The SMILES string of the molecule is Fc1c(Cl)cc2c(c1-c1nn[nH]n1)N(Cc1ccc3snnc3c1)CC2. The molecule has 1 aliphatic rings. The van der Waals surface area contributed by atoms with E-state index >= 15 is 0 Å². The molecule has 1 aliphatic heterocycles. The lowest BCUT2D eigenvalue weighted by Crippen LogP contribution is -2.20. The van der Waals surface area contributed by atoms with E-state index in [0.717, 1.165) is 40.0 Å². The quantitative estimate of drug-likeness (QED) is 0.581. The lowest BCUT2D eigenvalue weighted by atomic mass is 10.1. The smallest absolute Gasteiger partial charge is 0.209 e. The van der Waals surface area contributed by atoms with E-state index in [-0.39, 0.29) is 16.4 Å². The second-order valence-corrected chi connectivity index (χ2v) is 7.23. The number of nitrogens with one attached hydrogen (secondary N) is 1. The Balaban J connectivity index is 1.59. The largest absolute Gasteiger partial charge is 0.366 e. The molecule has 10 heteroatoms. The first kappa shape index (κ1) is 15.6. The van der Waals surface area contributed by atoms with Crippen molar-refractivity contribution in [3.05, 3.63) is 46.2 Å². The molecule has 0 amide bonds. The third-order valence-corrected chi connectivity index (χ3v) is 5.47. The van der Waals surface area contributed by atoms with E-state index in [4.69, 9.17) is 11.6 Å². The highest BCUT2D eigenvalue weighted by Crippen LogP contribution is 2.42. The highest BCUT2D eigenvalue weighted by Gasteiger charge is 2.29. The predicted octanol–water partition coefficient (Wildman–Crippen LogP) is 3.23. The summed E-state index contributed by atoms with van der Waals surface area (Å²) >= 11 is 7.45. The van der Waals surface area contributed by atoms with E-state index in [2.05, 4.69) is 35.1 Å². The van der Waals surface area contributed by atoms with Gasteiger partial charge in [-0.25, -0.2) is 4.39 Å². The zero-order chi connectivity index (χ0) is 17.7. The van der Waals surface area contributed by atoms with Crippen molar-refractivity contribution in [1.82, 2.24) is 30.2 Å². The number of nitrogens with zero attached hydrogens (tertiary/aromatic N) is 6. The summed E-state index contributed by atoms with van der Waals surface area (Å²) in [5.74, 6) is -0.329. The molecule has 0 saturated heterocycles. The van der Waals surface area contributed by atoms with Crippen LogP contribution in [0.4, 0.5) is 10.1 Å². The number of hydrogen-bond donors (Lipinski definition) is 1. The van der Waals surface area contributed by atoms with E-state index in [1.54, 1.807) is 6.07 Å². The summed E-state index contributed by atoms with van der Waals surface area (Å²) < 4.78 is 19.8. The van der Waals surface area contributed by atoms with Crippen LogP contribution in [0, 0.1) is 5.82 Å². The van der Waals surface area contributed by atoms with Crippen LogP contribution in [0.5, 0.6) is 0 Å². The monoisotopic (exact) mass is 387 g/mol. The summed E-state index contributed by atoms with van der Waals surface area (Å²) in [5, 5.41) is 18.0. The fourth-order valence-corrected chi connectivity index (χ4v) is 4.13. The van der Waals surface area contributed by atoms with Gasteiger partial charge in [-0.2, -0.15) is 5.21 Å². The van der Waals surface area contributed by atoms with Gasteiger partial charge in [0.15, 0.2) is 5.82 Å². The first-order valence-electron chi connectivity index (χ1n) is 7.91. The fourth-order valence-electron chi connectivity index (χ4n) is 3.36.